The van der Waals surface area contributed by atoms with Crippen LogP contribution in [-0.4, -0.2) is 31.7 Å². The van der Waals surface area contributed by atoms with Crippen LogP contribution < -0.4 is 10.6 Å². The maximum atomic E-state index is 13.0. The number of anilines is 1. The van der Waals surface area contributed by atoms with Crippen molar-refractivity contribution in [3.63, 3.8) is 0 Å². The molecule has 0 saturated carbocycles. The molecule has 1 aliphatic rings. The van der Waals surface area contributed by atoms with Gasteiger partial charge >= 0.3 is 0 Å². The summed E-state index contributed by atoms with van der Waals surface area (Å²) in [5, 5.41) is 6.02. The lowest BCUT2D eigenvalue weighted by Crippen LogP contribution is -2.41. The third kappa shape index (κ3) is 4.23. The Morgan fingerprint density at radius 2 is 1.90 bits per heavy atom. The molecule has 0 bridgehead atoms. The van der Waals surface area contributed by atoms with Gasteiger partial charge in [0.05, 0.1) is 22.3 Å². The van der Waals surface area contributed by atoms with E-state index in [2.05, 4.69) is 10.6 Å². The molecule has 1 aliphatic heterocycles. The van der Waals surface area contributed by atoms with Gasteiger partial charge in [-0.15, -0.1) is 0 Å². The number of carbonyl (C=O) groups is 1. The minimum absolute atomic E-state index is 0.0302. The first-order chi connectivity index (χ1) is 9.56. The highest BCUT2D eigenvalue weighted by Crippen LogP contribution is 2.31. The number of amides is 1. The smallest absolute Gasteiger partial charge is 0.239 e. The van der Waals surface area contributed by atoms with Crippen LogP contribution >= 0.6 is 23.2 Å². The van der Waals surface area contributed by atoms with Gasteiger partial charge in [-0.3, -0.25) is 4.79 Å². The van der Waals surface area contributed by atoms with Crippen molar-refractivity contribution < 1.29 is 13.9 Å². The van der Waals surface area contributed by atoms with E-state index in [1.165, 1.54) is 0 Å². The quantitative estimate of drug-likeness (QED) is 0.897. The van der Waals surface area contributed by atoms with Crippen LogP contribution in [0.25, 0.3) is 0 Å². The number of benzene rings is 1. The molecule has 0 radical (unpaired) electrons. The van der Waals surface area contributed by atoms with Crippen LogP contribution in [0.1, 0.15) is 12.8 Å². The van der Waals surface area contributed by atoms with E-state index in [-0.39, 0.29) is 28.5 Å². The summed E-state index contributed by atoms with van der Waals surface area (Å²) in [6.45, 7) is 1.35. The predicted molar refractivity (Wildman–Crippen MR) is 76.9 cm³/mol. The van der Waals surface area contributed by atoms with Gasteiger partial charge in [-0.25, -0.2) is 4.39 Å². The molecule has 20 heavy (non-hydrogen) atoms. The predicted octanol–water partition coefficient (Wildman–Crippen LogP) is 2.84. The number of halogens is 3. The Morgan fingerprint density at radius 1 is 1.30 bits per heavy atom. The highest BCUT2D eigenvalue weighted by molar-refractivity contribution is 6.39. The molecule has 4 nitrogen and oxygen atoms in total. The van der Waals surface area contributed by atoms with Gasteiger partial charge in [0.15, 0.2) is 0 Å². The molecule has 0 spiro atoms. The number of rotatable bonds is 4. The van der Waals surface area contributed by atoms with E-state index in [9.17, 15) is 9.18 Å². The van der Waals surface area contributed by atoms with Gasteiger partial charge in [0, 0.05) is 19.3 Å². The van der Waals surface area contributed by atoms with Crippen LogP contribution in [0, 0.1) is 5.82 Å². The summed E-state index contributed by atoms with van der Waals surface area (Å²) in [5.41, 5.74) is 0.358. The number of nitrogens with one attached hydrogen (secondary N) is 2. The first-order valence-electron chi connectivity index (χ1n) is 6.32. The standard InChI is InChI=1S/C13H15Cl2FN2O2/c14-10-5-8(16)6-11(15)13(10)17-7-12(19)18-9-1-3-20-4-2-9/h5-6,9,17H,1-4,7H2,(H,18,19). The van der Waals surface area contributed by atoms with Gasteiger partial charge in [0.1, 0.15) is 5.82 Å². The van der Waals surface area contributed by atoms with E-state index in [0.29, 0.717) is 18.9 Å². The summed E-state index contributed by atoms with van der Waals surface area (Å²) in [7, 11) is 0. The van der Waals surface area contributed by atoms with Gasteiger partial charge < -0.3 is 15.4 Å². The van der Waals surface area contributed by atoms with E-state index in [0.717, 1.165) is 25.0 Å². The number of ether oxygens (including phenoxy) is 1. The third-order valence-corrected chi connectivity index (χ3v) is 3.62. The first-order valence-corrected chi connectivity index (χ1v) is 7.07. The van der Waals surface area contributed by atoms with Crippen molar-refractivity contribution in [2.45, 2.75) is 18.9 Å². The van der Waals surface area contributed by atoms with Crippen LogP contribution in [0.2, 0.25) is 10.0 Å². The highest BCUT2D eigenvalue weighted by atomic mass is 35.5. The van der Waals surface area contributed by atoms with Crippen molar-refractivity contribution >= 4 is 34.8 Å². The Labute approximate surface area is 126 Å². The highest BCUT2D eigenvalue weighted by Gasteiger charge is 2.16. The summed E-state index contributed by atoms with van der Waals surface area (Å²) >= 11 is 11.7. The fourth-order valence-corrected chi connectivity index (χ4v) is 2.59. The Balaban J connectivity index is 1.87. The second kappa shape index (κ2) is 7.11. The number of carbonyl (C=O) groups excluding carboxylic acids is 1. The van der Waals surface area contributed by atoms with Crippen LogP contribution in [0.15, 0.2) is 12.1 Å². The van der Waals surface area contributed by atoms with Crippen molar-refractivity contribution in [1.29, 1.82) is 0 Å². The lowest BCUT2D eigenvalue weighted by molar-refractivity contribution is -0.120. The van der Waals surface area contributed by atoms with Gasteiger partial charge in [-0.2, -0.15) is 0 Å². The molecule has 0 atom stereocenters. The summed E-state index contributed by atoms with van der Waals surface area (Å²) in [6, 6.07) is 2.43. The van der Waals surface area contributed by atoms with E-state index in [1.54, 1.807) is 0 Å². The summed E-state index contributed by atoms with van der Waals surface area (Å²) in [4.78, 5) is 11.8. The molecule has 1 saturated heterocycles. The molecule has 1 heterocycles. The van der Waals surface area contributed by atoms with E-state index >= 15 is 0 Å². The molecule has 1 amide bonds. The Morgan fingerprint density at radius 3 is 2.50 bits per heavy atom. The molecule has 2 N–H and O–H groups in total. The molecule has 0 aromatic heterocycles. The summed E-state index contributed by atoms with van der Waals surface area (Å²) < 4.78 is 18.2. The normalized spacial score (nSPS) is 15.9. The summed E-state index contributed by atoms with van der Waals surface area (Å²) in [5.74, 6) is -0.675. The lowest BCUT2D eigenvalue weighted by Gasteiger charge is -2.23. The zero-order valence-electron chi connectivity index (χ0n) is 10.7. The Bertz CT molecular complexity index is 470. The fourth-order valence-electron chi connectivity index (χ4n) is 2.00. The third-order valence-electron chi connectivity index (χ3n) is 3.02. The molecule has 1 aromatic carbocycles. The minimum atomic E-state index is -0.516. The molecule has 2 rings (SSSR count). The molecule has 7 heteroatoms. The average Bonchev–Trinajstić information content (AvgIpc) is 2.38. The van der Waals surface area contributed by atoms with Crippen molar-refractivity contribution in [3.8, 4) is 0 Å². The van der Waals surface area contributed by atoms with E-state index in [4.69, 9.17) is 27.9 Å². The largest absolute Gasteiger partial charge is 0.381 e. The maximum Gasteiger partial charge on any atom is 0.239 e. The van der Waals surface area contributed by atoms with Crippen molar-refractivity contribution in [3.05, 3.63) is 28.0 Å². The fraction of sp³-hybridized carbons (Fsp3) is 0.462. The summed E-state index contributed by atoms with van der Waals surface area (Å²) in [6.07, 6.45) is 1.62. The second-order valence-corrected chi connectivity index (χ2v) is 5.37. The Kier molecular flexibility index (Phi) is 5.46. The van der Waals surface area contributed by atoms with Crippen molar-refractivity contribution in [2.75, 3.05) is 25.1 Å². The molecule has 110 valence electrons. The first kappa shape index (κ1) is 15.4. The van der Waals surface area contributed by atoms with Gasteiger partial charge in [-0.1, -0.05) is 23.2 Å². The molecular formula is C13H15Cl2FN2O2. The van der Waals surface area contributed by atoms with Gasteiger partial charge in [-0.05, 0) is 25.0 Å². The van der Waals surface area contributed by atoms with Gasteiger partial charge in [0.2, 0.25) is 5.91 Å². The monoisotopic (exact) mass is 320 g/mol. The van der Waals surface area contributed by atoms with E-state index in [1.807, 2.05) is 0 Å². The SMILES string of the molecule is O=C(CNc1c(Cl)cc(F)cc1Cl)NC1CCOCC1. The zero-order chi connectivity index (χ0) is 14.5. The average molecular weight is 321 g/mol. The topological polar surface area (TPSA) is 50.4 Å². The number of hydrogen-bond donors (Lipinski definition) is 2. The number of hydrogen-bond acceptors (Lipinski definition) is 3. The van der Waals surface area contributed by atoms with Crippen molar-refractivity contribution in [1.82, 2.24) is 5.32 Å². The molecule has 0 unspecified atom stereocenters. The molecular weight excluding hydrogens is 306 g/mol. The maximum absolute atomic E-state index is 13.0. The van der Waals surface area contributed by atoms with Crippen LogP contribution in [0.4, 0.5) is 10.1 Å². The lowest BCUT2D eigenvalue weighted by atomic mass is 10.1. The van der Waals surface area contributed by atoms with E-state index < -0.39 is 5.82 Å². The second-order valence-electron chi connectivity index (χ2n) is 4.55. The molecule has 1 aromatic rings. The Hall–Kier alpha value is -1.04. The van der Waals surface area contributed by atoms with Crippen LogP contribution in [-0.2, 0) is 9.53 Å². The minimum Gasteiger partial charge on any atom is -0.381 e. The zero-order valence-corrected chi connectivity index (χ0v) is 12.2. The van der Waals surface area contributed by atoms with Gasteiger partial charge in [0.25, 0.3) is 0 Å². The molecule has 0 aliphatic carbocycles. The van der Waals surface area contributed by atoms with Crippen molar-refractivity contribution in [2.24, 2.45) is 0 Å². The van der Waals surface area contributed by atoms with Crippen LogP contribution in [0.5, 0.6) is 0 Å². The molecule has 1 fully saturated rings. The van der Waals surface area contributed by atoms with Crippen LogP contribution in [0.3, 0.4) is 0 Å².